The van der Waals surface area contributed by atoms with E-state index in [9.17, 15) is 4.79 Å². The zero-order valence-corrected chi connectivity index (χ0v) is 18.5. The van der Waals surface area contributed by atoms with Crippen LogP contribution < -0.4 is 5.32 Å². The van der Waals surface area contributed by atoms with Crippen LogP contribution in [-0.4, -0.2) is 60.0 Å². The summed E-state index contributed by atoms with van der Waals surface area (Å²) in [5.41, 5.74) is 1.18. The minimum Gasteiger partial charge on any atom is -0.342 e. The molecule has 4 rings (SSSR count). The second kappa shape index (κ2) is 10.4. The van der Waals surface area contributed by atoms with Crippen LogP contribution in [0.4, 0.5) is 0 Å². The van der Waals surface area contributed by atoms with Gasteiger partial charge in [0, 0.05) is 30.9 Å². The van der Waals surface area contributed by atoms with Gasteiger partial charge in [-0.2, -0.15) is 0 Å². The predicted octanol–water partition coefficient (Wildman–Crippen LogP) is 2.97. The molecule has 3 saturated heterocycles. The lowest BCUT2D eigenvalue weighted by Crippen LogP contribution is -2.43. The van der Waals surface area contributed by atoms with E-state index < -0.39 is 0 Å². The minimum absolute atomic E-state index is 0. The van der Waals surface area contributed by atoms with Gasteiger partial charge in [0.05, 0.1) is 10.7 Å². The Labute approximate surface area is 179 Å². The van der Waals surface area contributed by atoms with E-state index in [2.05, 4.69) is 32.4 Å². The van der Waals surface area contributed by atoms with Gasteiger partial charge < -0.3 is 10.2 Å². The Hall–Kier alpha value is -0.400. The number of nitrogens with one attached hydrogen (secondary N) is 1. The van der Waals surface area contributed by atoms with E-state index in [4.69, 9.17) is 0 Å². The number of hydrogen-bond acceptors (Lipinski definition) is 5. The summed E-state index contributed by atoms with van der Waals surface area (Å²) < 4.78 is 0. The van der Waals surface area contributed by atoms with Crippen molar-refractivity contribution in [3.63, 3.8) is 0 Å². The molecule has 1 aromatic heterocycles. The van der Waals surface area contributed by atoms with Gasteiger partial charge in [-0.15, -0.1) is 36.2 Å². The molecule has 3 aliphatic heterocycles. The fourth-order valence-corrected chi connectivity index (χ4v) is 5.35. The van der Waals surface area contributed by atoms with Gasteiger partial charge >= 0.3 is 0 Å². The maximum absolute atomic E-state index is 13.0. The molecule has 3 aliphatic rings. The first kappa shape index (κ1) is 22.9. The van der Waals surface area contributed by atoms with Crippen molar-refractivity contribution < 1.29 is 4.79 Å². The summed E-state index contributed by atoms with van der Waals surface area (Å²) >= 11 is 1.72. The van der Waals surface area contributed by atoms with Gasteiger partial charge in [-0.25, -0.2) is 4.98 Å². The summed E-state index contributed by atoms with van der Waals surface area (Å²) in [5, 5.41) is 6.81. The van der Waals surface area contributed by atoms with Crippen molar-refractivity contribution in [3.05, 3.63) is 16.1 Å². The van der Waals surface area contributed by atoms with E-state index in [1.54, 1.807) is 11.3 Å². The number of nitrogens with zero attached hydrogens (tertiary/aromatic N) is 3. The number of aryl methyl sites for hydroxylation is 1. The van der Waals surface area contributed by atoms with Crippen molar-refractivity contribution in [1.82, 2.24) is 20.1 Å². The average Bonchev–Trinajstić information content (AvgIpc) is 3.19. The summed E-state index contributed by atoms with van der Waals surface area (Å²) in [7, 11) is 0. The van der Waals surface area contributed by atoms with Gasteiger partial charge in [-0.05, 0) is 70.6 Å². The van der Waals surface area contributed by atoms with E-state index in [-0.39, 0.29) is 30.7 Å². The SMILES string of the molecule is Cc1nc(CN2CCC(C(=O)N3CC[C@@H]4CNC[C@@H]4CC3)CC2)cs1.Cl.Cl. The molecule has 4 heterocycles. The number of halogens is 2. The lowest BCUT2D eigenvalue weighted by molar-refractivity contribution is -0.137. The van der Waals surface area contributed by atoms with Crippen LogP contribution in [-0.2, 0) is 11.3 Å². The fourth-order valence-electron chi connectivity index (χ4n) is 4.74. The van der Waals surface area contributed by atoms with E-state index in [1.165, 1.54) is 18.5 Å². The molecule has 0 unspecified atom stereocenters. The first-order chi connectivity index (χ1) is 12.2. The topological polar surface area (TPSA) is 48.5 Å². The molecule has 3 fully saturated rings. The molecule has 1 amide bonds. The number of amides is 1. The Morgan fingerprint density at radius 3 is 2.30 bits per heavy atom. The van der Waals surface area contributed by atoms with Crippen LogP contribution in [0, 0.1) is 24.7 Å². The molecule has 0 spiro atoms. The molecule has 0 aliphatic carbocycles. The van der Waals surface area contributed by atoms with Gasteiger partial charge in [-0.3, -0.25) is 9.69 Å². The van der Waals surface area contributed by atoms with Crippen molar-refractivity contribution in [2.75, 3.05) is 39.3 Å². The smallest absolute Gasteiger partial charge is 0.225 e. The molecule has 0 saturated carbocycles. The van der Waals surface area contributed by atoms with Crippen molar-refractivity contribution >= 4 is 42.1 Å². The number of fused-ring (bicyclic) bond motifs is 1. The van der Waals surface area contributed by atoms with Crippen LogP contribution >= 0.6 is 36.2 Å². The summed E-state index contributed by atoms with van der Waals surface area (Å²) in [5.74, 6) is 2.25. The van der Waals surface area contributed by atoms with Crippen LogP contribution in [0.15, 0.2) is 5.38 Å². The summed E-state index contributed by atoms with van der Waals surface area (Å²) in [4.78, 5) is 22.2. The number of thiazole rings is 1. The first-order valence-corrected chi connectivity index (χ1v) is 10.7. The van der Waals surface area contributed by atoms with Crippen molar-refractivity contribution in [2.24, 2.45) is 17.8 Å². The van der Waals surface area contributed by atoms with Gasteiger partial charge in [0.1, 0.15) is 0 Å². The second-order valence-electron chi connectivity index (χ2n) is 7.99. The highest BCUT2D eigenvalue weighted by molar-refractivity contribution is 7.09. The Balaban J connectivity index is 0.00000131. The summed E-state index contributed by atoms with van der Waals surface area (Å²) in [6.07, 6.45) is 4.39. The lowest BCUT2D eigenvalue weighted by Gasteiger charge is -2.33. The number of piperidine rings is 1. The zero-order valence-electron chi connectivity index (χ0n) is 16.1. The standard InChI is InChI=1S/C19H30N4OS.2ClH/c1-14-21-18(13-25-14)12-22-6-2-15(3-7-22)19(24)23-8-4-16-10-20-11-17(16)5-9-23;;/h13,15-17,20H,2-12H2,1H3;2*1H/t16-,17+;;. The molecule has 5 nitrogen and oxygen atoms in total. The third-order valence-corrected chi connectivity index (χ3v) is 7.14. The molecule has 1 aromatic rings. The van der Waals surface area contributed by atoms with Crippen molar-refractivity contribution in [1.29, 1.82) is 0 Å². The molecule has 0 aromatic carbocycles. The van der Waals surface area contributed by atoms with Gasteiger partial charge in [0.25, 0.3) is 0 Å². The minimum atomic E-state index is 0. The summed E-state index contributed by atoms with van der Waals surface area (Å²) in [6, 6.07) is 0. The maximum Gasteiger partial charge on any atom is 0.225 e. The first-order valence-electron chi connectivity index (χ1n) is 9.82. The zero-order chi connectivity index (χ0) is 17.2. The third-order valence-electron chi connectivity index (χ3n) is 6.32. The molecule has 0 bridgehead atoms. The molecule has 8 heteroatoms. The van der Waals surface area contributed by atoms with Crippen molar-refractivity contribution in [2.45, 2.75) is 39.2 Å². The molecule has 1 N–H and O–H groups in total. The van der Waals surface area contributed by atoms with Crippen LogP contribution in [0.2, 0.25) is 0 Å². The molecule has 154 valence electrons. The monoisotopic (exact) mass is 434 g/mol. The number of hydrogen-bond donors (Lipinski definition) is 1. The largest absolute Gasteiger partial charge is 0.342 e. The average molecular weight is 435 g/mol. The van der Waals surface area contributed by atoms with E-state index >= 15 is 0 Å². The van der Waals surface area contributed by atoms with Crippen LogP contribution in [0.25, 0.3) is 0 Å². The number of rotatable bonds is 3. The third kappa shape index (κ3) is 5.57. The number of carbonyl (C=O) groups is 1. The maximum atomic E-state index is 13.0. The van der Waals surface area contributed by atoms with Crippen LogP contribution in [0.3, 0.4) is 0 Å². The second-order valence-corrected chi connectivity index (χ2v) is 9.05. The van der Waals surface area contributed by atoms with Crippen molar-refractivity contribution in [3.8, 4) is 0 Å². The summed E-state index contributed by atoms with van der Waals surface area (Å²) in [6.45, 7) is 9.30. The van der Waals surface area contributed by atoms with Gasteiger partial charge in [0.15, 0.2) is 0 Å². The van der Waals surface area contributed by atoms with E-state index in [0.717, 1.165) is 75.5 Å². The van der Waals surface area contributed by atoms with Gasteiger partial charge in [0.2, 0.25) is 5.91 Å². The molecular formula is C19H32Cl2N4OS. The fraction of sp³-hybridized carbons (Fsp3) is 0.789. The quantitative estimate of drug-likeness (QED) is 0.793. The molecule has 0 radical (unpaired) electrons. The number of carbonyl (C=O) groups excluding carboxylic acids is 1. The Morgan fingerprint density at radius 2 is 1.74 bits per heavy atom. The number of likely N-dealkylation sites (tertiary alicyclic amines) is 2. The van der Waals surface area contributed by atoms with E-state index in [1.807, 2.05) is 0 Å². The normalized spacial score (nSPS) is 26.6. The highest BCUT2D eigenvalue weighted by atomic mass is 35.5. The Morgan fingerprint density at radius 1 is 1.11 bits per heavy atom. The van der Waals surface area contributed by atoms with Crippen LogP contribution in [0.1, 0.15) is 36.4 Å². The molecular weight excluding hydrogens is 403 g/mol. The lowest BCUT2D eigenvalue weighted by atomic mass is 9.92. The Kier molecular flexibility index (Phi) is 8.81. The molecule has 27 heavy (non-hydrogen) atoms. The van der Waals surface area contributed by atoms with E-state index in [0.29, 0.717) is 5.91 Å². The Bertz CT molecular complexity index is 592. The highest BCUT2D eigenvalue weighted by Gasteiger charge is 2.34. The highest BCUT2D eigenvalue weighted by Crippen LogP contribution is 2.29. The number of aromatic nitrogens is 1. The van der Waals surface area contributed by atoms with Crippen LogP contribution in [0.5, 0.6) is 0 Å². The predicted molar refractivity (Wildman–Crippen MR) is 115 cm³/mol. The molecule has 2 atom stereocenters. The van der Waals surface area contributed by atoms with Gasteiger partial charge in [-0.1, -0.05) is 0 Å².